The van der Waals surface area contributed by atoms with Crippen molar-refractivity contribution >= 4 is 34.6 Å². The van der Waals surface area contributed by atoms with Gasteiger partial charge in [-0.25, -0.2) is 13.6 Å². The Bertz CT molecular complexity index is 1520. The Morgan fingerprint density at radius 3 is 2.63 bits per heavy atom. The number of thioether (sulfide) groups is 1. The fourth-order valence-electron chi connectivity index (χ4n) is 8.76. The van der Waals surface area contributed by atoms with Crippen molar-refractivity contribution in [2.24, 2.45) is 34.5 Å². The van der Waals surface area contributed by atoms with Gasteiger partial charge < -0.3 is 19.0 Å². The van der Waals surface area contributed by atoms with Crippen molar-refractivity contribution in [2.75, 3.05) is 12.4 Å². The van der Waals surface area contributed by atoms with Crippen LogP contribution in [-0.4, -0.2) is 63.8 Å². The van der Waals surface area contributed by atoms with Crippen molar-refractivity contribution in [3.8, 4) is 11.8 Å². The number of ether oxygens (including phenoxy) is 2. The number of aliphatic hydroxyl groups is 1. The van der Waals surface area contributed by atoms with Gasteiger partial charge in [-0.3, -0.25) is 14.4 Å². The first-order chi connectivity index (χ1) is 21.5. The van der Waals surface area contributed by atoms with E-state index in [1.807, 2.05) is 20.8 Å². The van der Waals surface area contributed by atoms with E-state index >= 15 is 4.39 Å². The average molecular weight is 659 g/mol. The van der Waals surface area contributed by atoms with Gasteiger partial charge in [0.05, 0.1) is 24.5 Å². The summed E-state index contributed by atoms with van der Waals surface area (Å²) in [7, 11) is 0. The molecule has 0 spiro atoms. The minimum Gasteiger partial charge on any atom is -0.457 e. The van der Waals surface area contributed by atoms with Gasteiger partial charge in [0.25, 0.3) is 0 Å². The summed E-state index contributed by atoms with van der Waals surface area (Å²) in [4.78, 5) is 51.7. The highest BCUT2D eigenvalue weighted by atomic mass is 32.2. The number of allylic oxidation sites excluding steroid dienone is 4. The Labute approximate surface area is 271 Å². The number of ketones is 1. The molecule has 248 valence electrons. The number of esters is 2. The fourth-order valence-corrected chi connectivity index (χ4v) is 9.76. The van der Waals surface area contributed by atoms with E-state index in [0.29, 0.717) is 12.0 Å². The number of carbonyl (C=O) groups excluding carboxylic acids is 4. The summed E-state index contributed by atoms with van der Waals surface area (Å²) in [5, 5.41) is 11.4. The number of alkyl halides is 2. The number of halogens is 2. The van der Waals surface area contributed by atoms with Gasteiger partial charge in [-0.1, -0.05) is 50.4 Å². The second kappa shape index (κ2) is 12.4. The molecule has 0 aliphatic heterocycles. The van der Waals surface area contributed by atoms with E-state index < -0.39 is 69.7 Å². The Hall–Kier alpha value is -3.23. The molecule has 1 aromatic heterocycles. The van der Waals surface area contributed by atoms with Crippen LogP contribution in [0, 0.1) is 46.3 Å². The molecular formula is C35H40F2O8S. The number of rotatable bonds is 7. The predicted molar refractivity (Wildman–Crippen MR) is 166 cm³/mol. The Morgan fingerprint density at radius 1 is 1.22 bits per heavy atom. The second-order valence-corrected chi connectivity index (χ2v) is 15.0. The molecule has 0 saturated heterocycles. The van der Waals surface area contributed by atoms with Crippen molar-refractivity contribution in [1.82, 2.24) is 0 Å². The van der Waals surface area contributed by atoms with Crippen LogP contribution in [0.4, 0.5) is 8.78 Å². The van der Waals surface area contributed by atoms with E-state index in [9.17, 15) is 28.7 Å². The van der Waals surface area contributed by atoms with Crippen LogP contribution in [0.15, 0.2) is 46.6 Å². The SMILES string of the molecule is C[C@@H]1CC2C3C[C@H](F)C4=CC(=O)C=C[C@]4(C)C3[C@@H](O)C[C@]2(C)[C@@]1(OC(=O)c1ccco1)C(=O)SCC#CCOC(=O)CC(C)(C)F. The van der Waals surface area contributed by atoms with E-state index in [-0.39, 0.29) is 48.6 Å². The molecule has 46 heavy (non-hydrogen) atoms. The predicted octanol–water partition coefficient (Wildman–Crippen LogP) is 5.59. The van der Waals surface area contributed by atoms with Crippen LogP contribution >= 0.6 is 11.8 Å². The number of hydrogen-bond donors (Lipinski definition) is 1. The van der Waals surface area contributed by atoms with Crippen LogP contribution in [0.1, 0.15) is 70.9 Å². The summed E-state index contributed by atoms with van der Waals surface area (Å²) in [6.07, 6.45) is 3.62. The number of carbonyl (C=O) groups is 4. The summed E-state index contributed by atoms with van der Waals surface area (Å²) in [5.74, 6) is 1.94. The zero-order chi connectivity index (χ0) is 33.7. The number of furan rings is 1. The van der Waals surface area contributed by atoms with Crippen molar-refractivity contribution in [1.29, 1.82) is 0 Å². The molecule has 3 fully saturated rings. The zero-order valence-electron chi connectivity index (χ0n) is 26.6. The van der Waals surface area contributed by atoms with Crippen LogP contribution in [0.2, 0.25) is 0 Å². The molecule has 4 aliphatic carbocycles. The number of hydrogen-bond acceptors (Lipinski definition) is 9. The van der Waals surface area contributed by atoms with Crippen molar-refractivity contribution < 1.29 is 47.0 Å². The molecule has 3 saturated carbocycles. The fraction of sp³-hybridized carbons (Fsp3) is 0.600. The molecule has 1 N–H and O–H groups in total. The minimum atomic E-state index is -1.71. The van der Waals surface area contributed by atoms with E-state index in [2.05, 4.69) is 11.8 Å². The molecule has 0 radical (unpaired) electrons. The Kier molecular flexibility index (Phi) is 9.21. The highest BCUT2D eigenvalue weighted by Crippen LogP contribution is 2.70. The summed E-state index contributed by atoms with van der Waals surface area (Å²) in [5.41, 5.74) is -5.01. The average Bonchev–Trinajstić information content (AvgIpc) is 3.57. The van der Waals surface area contributed by atoms with Crippen LogP contribution in [-0.2, 0) is 23.9 Å². The molecule has 5 rings (SSSR count). The molecule has 3 unspecified atom stereocenters. The first kappa shape index (κ1) is 34.1. The smallest absolute Gasteiger partial charge is 0.375 e. The van der Waals surface area contributed by atoms with Gasteiger partial charge in [-0.2, -0.15) is 0 Å². The third-order valence-electron chi connectivity index (χ3n) is 10.6. The van der Waals surface area contributed by atoms with Crippen molar-refractivity contribution in [2.45, 2.75) is 83.8 Å². The zero-order valence-corrected chi connectivity index (χ0v) is 27.5. The summed E-state index contributed by atoms with van der Waals surface area (Å²) in [6.45, 7) is 7.80. The minimum absolute atomic E-state index is 0.00921. The van der Waals surface area contributed by atoms with Gasteiger partial charge in [0.1, 0.15) is 11.8 Å². The van der Waals surface area contributed by atoms with E-state index in [1.54, 1.807) is 6.08 Å². The highest BCUT2D eigenvalue weighted by Gasteiger charge is 2.73. The molecule has 1 heterocycles. The molecule has 1 aromatic rings. The van der Waals surface area contributed by atoms with Gasteiger partial charge in [0.15, 0.2) is 18.0 Å². The first-order valence-corrected chi connectivity index (χ1v) is 16.5. The van der Waals surface area contributed by atoms with E-state index in [1.165, 1.54) is 44.4 Å². The van der Waals surface area contributed by atoms with Crippen LogP contribution < -0.4 is 0 Å². The molecule has 11 heteroatoms. The molecule has 4 aliphatic rings. The molecule has 9 atom stereocenters. The Morgan fingerprint density at radius 2 is 1.96 bits per heavy atom. The van der Waals surface area contributed by atoms with Crippen molar-refractivity contribution in [3.05, 3.63) is 48.0 Å². The molecule has 0 amide bonds. The third-order valence-corrected chi connectivity index (χ3v) is 11.4. The summed E-state index contributed by atoms with van der Waals surface area (Å²) >= 11 is 0.853. The van der Waals surface area contributed by atoms with Crippen molar-refractivity contribution in [3.63, 3.8) is 0 Å². The largest absolute Gasteiger partial charge is 0.457 e. The van der Waals surface area contributed by atoms with E-state index in [4.69, 9.17) is 13.9 Å². The lowest BCUT2D eigenvalue weighted by Gasteiger charge is -2.60. The third kappa shape index (κ3) is 5.87. The normalized spacial score (nSPS) is 36.3. The molecule has 0 aromatic carbocycles. The molecule has 0 bridgehead atoms. The standard InChI is InChI=1S/C35H40F2O8S/c1-20-15-23-22-17-25(36)24-16-21(38)10-11-33(24,4)29(22)26(39)18-34(23,5)35(20,45-30(41)27-9-8-13-43-27)31(42)46-14-7-6-12-44-28(40)19-32(2,3)37/h8-11,13,16,20,22-23,25-26,29,39H,12,14-15,17-19H2,1-5H3/t20-,22?,23?,25+,26+,29?,33+,34+,35+/m1/s1. The monoisotopic (exact) mass is 658 g/mol. The molecule has 8 nitrogen and oxygen atoms in total. The topological polar surface area (TPSA) is 120 Å². The maximum Gasteiger partial charge on any atom is 0.375 e. The lowest BCUT2D eigenvalue weighted by atomic mass is 9.46. The number of fused-ring (bicyclic) bond motifs is 5. The van der Waals surface area contributed by atoms with Gasteiger partial charge in [0.2, 0.25) is 10.9 Å². The summed E-state index contributed by atoms with van der Waals surface area (Å²) < 4.78 is 46.0. The van der Waals surface area contributed by atoms with Gasteiger partial charge >= 0.3 is 11.9 Å². The van der Waals surface area contributed by atoms with Gasteiger partial charge in [-0.05, 0) is 74.8 Å². The summed E-state index contributed by atoms with van der Waals surface area (Å²) in [6, 6.07) is 2.97. The first-order valence-electron chi connectivity index (χ1n) is 15.6. The van der Waals surface area contributed by atoms with Gasteiger partial charge in [0, 0.05) is 22.7 Å². The van der Waals surface area contributed by atoms with Crippen LogP contribution in [0.3, 0.4) is 0 Å². The van der Waals surface area contributed by atoms with Crippen LogP contribution in [0.25, 0.3) is 0 Å². The van der Waals surface area contributed by atoms with Gasteiger partial charge in [-0.15, -0.1) is 0 Å². The lowest BCUT2D eigenvalue weighted by Crippen LogP contribution is -2.64. The maximum absolute atomic E-state index is 15.9. The van der Waals surface area contributed by atoms with Crippen LogP contribution in [0.5, 0.6) is 0 Å². The number of aliphatic hydroxyl groups excluding tert-OH is 1. The molecular weight excluding hydrogens is 618 g/mol. The maximum atomic E-state index is 15.9. The van der Waals surface area contributed by atoms with E-state index in [0.717, 1.165) is 11.8 Å². The Balaban J connectivity index is 1.43. The second-order valence-electron chi connectivity index (χ2n) is 14.0. The highest BCUT2D eigenvalue weighted by molar-refractivity contribution is 8.14. The quantitative estimate of drug-likeness (QED) is 0.295. The lowest BCUT2D eigenvalue weighted by molar-refractivity contribution is -0.179.